The molecule has 0 spiro atoms. The van der Waals surface area contributed by atoms with Crippen LogP contribution >= 0.6 is 23.2 Å². The fourth-order valence-electron chi connectivity index (χ4n) is 4.90. The maximum atomic E-state index is 13.2. The van der Waals surface area contributed by atoms with Gasteiger partial charge in [0.05, 0.1) is 20.1 Å². The number of ether oxygens (including phenoxy) is 4. The number of nitrogens with two attached hydrogens (primary N) is 1. The molecule has 2 amide bonds. The van der Waals surface area contributed by atoms with Crippen molar-refractivity contribution in [2.24, 2.45) is 11.7 Å². The summed E-state index contributed by atoms with van der Waals surface area (Å²) in [5, 5.41) is 4.47. The number of primary amides is 1. The zero-order valence-electron chi connectivity index (χ0n) is 28.0. The van der Waals surface area contributed by atoms with Crippen LogP contribution in [0.1, 0.15) is 52.4 Å². The third-order valence-electron chi connectivity index (χ3n) is 7.75. The number of carbonyl (C=O) groups is 3. The van der Waals surface area contributed by atoms with Gasteiger partial charge in [-0.25, -0.2) is 13.4 Å². The van der Waals surface area contributed by atoms with Gasteiger partial charge in [-0.2, -0.15) is 8.78 Å². The van der Waals surface area contributed by atoms with Crippen molar-refractivity contribution >= 4 is 50.8 Å². The number of halogens is 4. The summed E-state index contributed by atoms with van der Waals surface area (Å²) in [5.74, 6) is -1.87. The maximum Gasteiger partial charge on any atom is 0.387 e. The van der Waals surface area contributed by atoms with Crippen LogP contribution in [-0.2, 0) is 37.1 Å². The molecule has 0 radical (unpaired) electrons. The number of methoxy groups -OCH3 is 1. The van der Waals surface area contributed by atoms with E-state index >= 15 is 0 Å². The quantitative estimate of drug-likeness (QED) is 0.149. The van der Waals surface area contributed by atoms with Gasteiger partial charge in [0.1, 0.15) is 33.8 Å². The van der Waals surface area contributed by atoms with Gasteiger partial charge in [-0.1, -0.05) is 29.3 Å². The third-order valence-corrected chi connectivity index (χ3v) is 9.79. The predicted molar refractivity (Wildman–Crippen MR) is 183 cm³/mol. The molecule has 2 aromatic carbocycles. The van der Waals surface area contributed by atoms with Crippen molar-refractivity contribution in [2.45, 2.75) is 50.3 Å². The van der Waals surface area contributed by atoms with Crippen molar-refractivity contribution in [1.29, 1.82) is 0 Å². The van der Waals surface area contributed by atoms with Gasteiger partial charge in [0.15, 0.2) is 33.7 Å². The highest BCUT2D eigenvalue weighted by Gasteiger charge is 2.27. The number of amides is 2. The van der Waals surface area contributed by atoms with E-state index in [0.29, 0.717) is 35.0 Å². The van der Waals surface area contributed by atoms with E-state index in [-0.39, 0.29) is 45.5 Å². The van der Waals surface area contributed by atoms with Crippen molar-refractivity contribution < 1.29 is 61.0 Å². The van der Waals surface area contributed by atoms with Gasteiger partial charge >= 0.3 is 12.6 Å². The van der Waals surface area contributed by atoms with Crippen LogP contribution in [0.5, 0.6) is 17.2 Å². The number of nitrogens with one attached hydrogen (secondary N) is 3. The molecule has 52 heavy (non-hydrogen) atoms. The number of hydrogen-bond donors (Lipinski definition) is 3. The molecule has 1 fully saturated rings. The minimum Gasteiger partial charge on any atom is -0.870 e. The van der Waals surface area contributed by atoms with E-state index in [2.05, 4.69) is 20.4 Å². The highest BCUT2D eigenvalue weighted by Crippen LogP contribution is 2.37. The number of H-pyrrole nitrogens is 1. The Hall–Kier alpha value is -4.29. The van der Waals surface area contributed by atoms with Gasteiger partial charge in [-0.3, -0.25) is 19.7 Å². The van der Waals surface area contributed by atoms with E-state index < -0.39 is 58.7 Å². The van der Waals surface area contributed by atoms with Crippen molar-refractivity contribution in [1.82, 2.24) is 10.6 Å². The largest absolute Gasteiger partial charge is 0.870 e. The number of esters is 1. The normalized spacial score (nSPS) is 13.8. The first-order valence-corrected chi connectivity index (χ1v) is 18.3. The summed E-state index contributed by atoms with van der Waals surface area (Å²) < 4.78 is 72.1. The Morgan fingerprint density at radius 1 is 1.04 bits per heavy atom. The Balaban J connectivity index is 0.00000729. The molecule has 0 bridgehead atoms. The van der Waals surface area contributed by atoms with E-state index in [0.717, 1.165) is 19.1 Å². The molecule has 1 unspecified atom stereocenters. The minimum absolute atomic E-state index is 0. The highest BCUT2D eigenvalue weighted by molar-refractivity contribution is 7.91. The number of sulfone groups is 1. The maximum absolute atomic E-state index is 13.2. The second-order valence-electron chi connectivity index (χ2n) is 11.7. The number of pyridine rings is 1. The molecular weight excluding hydrogens is 753 g/mol. The van der Waals surface area contributed by atoms with Gasteiger partial charge < -0.3 is 35.5 Å². The minimum atomic E-state index is -3.71. The Bertz CT molecular complexity index is 1830. The Labute approximate surface area is 308 Å². The summed E-state index contributed by atoms with van der Waals surface area (Å²) in [6.07, 6.45) is 4.29. The van der Waals surface area contributed by atoms with Crippen LogP contribution in [0.25, 0.3) is 0 Å². The first kappa shape index (κ1) is 42.1. The summed E-state index contributed by atoms with van der Waals surface area (Å²) >= 11 is 12.8. The van der Waals surface area contributed by atoms with E-state index in [9.17, 15) is 31.6 Å². The molecule has 6 N–H and O–H groups in total. The van der Waals surface area contributed by atoms with Gasteiger partial charge in [0.25, 0.3) is 5.91 Å². The molecule has 4 rings (SSSR count). The van der Waals surface area contributed by atoms with Gasteiger partial charge in [0.2, 0.25) is 5.91 Å². The number of aromatic amines is 1. The van der Waals surface area contributed by atoms with Crippen molar-refractivity contribution in [3.63, 3.8) is 0 Å². The standard InChI is InChI=1S/C33H36Cl2F2N4O9S.H2O/c1-47-25-7-6-20(9-21(25)13-40-30(12-29(38)42)51(2,45)46)32(44)41-16-31(43)49-27(11-22-23(34)14-39-15-24(22)35)19-5-8-26(50-33(36)37)28(10-19)48-17-18-3-4-18;/h5-10,14-15,18,27,30,33,40H,3-4,11-13,16-17H2,1-2H3,(H2,38,42)(H,41,44);1H2/t27-,30?;/m0./s1. The fourth-order valence-corrected chi connectivity index (χ4v) is 6.29. The number of benzene rings is 2. The monoisotopic (exact) mass is 790 g/mol. The SMILES string of the molecule is COc1ccc(C(=O)NCC(=O)O[C@@H](Cc2c(Cl)c[nH+]cc2Cl)c2ccc(OC(F)F)c(OCC3CC3)c2)cc1CNC(CC(N)=O)S(C)(=O)=O.[OH-]. The highest BCUT2D eigenvalue weighted by atomic mass is 35.5. The zero-order chi connectivity index (χ0) is 37.3. The Kier molecular flexibility index (Phi) is 15.4. The van der Waals surface area contributed by atoms with E-state index in [1.807, 2.05) is 0 Å². The molecule has 19 heteroatoms. The van der Waals surface area contributed by atoms with Crippen LogP contribution in [0, 0.1) is 5.92 Å². The van der Waals surface area contributed by atoms with Crippen molar-refractivity contribution in [3.8, 4) is 17.2 Å². The van der Waals surface area contributed by atoms with E-state index in [1.54, 1.807) is 0 Å². The molecule has 284 valence electrons. The number of aromatic nitrogens is 1. The van der Waals surface area contributed by atoms with E-state index in [4.69, 9.17) is 43.1 Å². The summed E-state index contributed by atoms with van der Waals surface area (Å²) in [5.41, 5.74) is 6.48. The van der Waals surface area contributed by atoms with Crippen LogP contribution in [0.15, 0.2) is 48.8 Å². The van der Waals surface area contributed by atoms with E-state index in [1.165, 1.54) is 55.9 Å². The molecule has 14 nitrogen and oxygen atoms in total. The average Bonchev–Trinajstić information content (AvgIpc) is 3.90. The van der Waals surface area contributed by atoms with Gasteiger partial charge in [-0.05, 0) is 54.7 Å². The van der Waals surface area contributed by atoms with Crippen LogP contribution in [0.2, 0.25) is 10.0 Å². The van der Waals surface area contributed by atoms with Crippen molar-refractivity contribution in [2.75, 3.05) is 26.5 Å². The Morgan fingerprint density at radius 3 is 2.31 bits per heavy atom. The molecule has 1 heterocycles. The van der Waals surface area contributed by atoms with Crippen LogP contribution in [-0.4, -0.2) is 70.2 Å². The molecular formula is C33H38Cl2F2N4O10S. The molecule has 1 aliphatic carbocycles. The smallest absolute Gasteiger partial charge is 0.387 e. The fraction of sp³-hybridized carbons (Fsp3) is 0.394. The molecule has 1 saturated carbocycles. The molecule has 2 atom stereocenters. The second kappa shape index (κ2) is 19.0. The molecule has 1 aromatic heterocycles. The number of rotatable bonds is 19. The number of carbonyl (C=O) groups excluding carboxylic acids is 3. The van der Waals surface area contributed by atoms with Crippen LogP contribution in [0.3, 0.4) is 0 Å². The summed E-state index contributed by atoms with van der Waals surface area (Å²) in [7, 11) is -2.32. The molecule has 0 aliphatic heterocycles. The lowest BCUT2D eigenvalue weighted by Crippen LogP contribution is -2.39. The first-order chi connectivity index (χ1) is 24.1. The van der Waals surface area contributed by atoms with Gasteiger partial charge in [0, 0.05) is 35.9 Å². The summed E-state index contributed by atoms with van der Waals surface area (Å²) in [6.45, 7) is -3.49. The molecule has 0 saturated heterocycles. The lowest BCUT2D eigenvalue weighted by Gasteiger charge is -2.21. The topological polar surface area (TPSA) is 216 Å². The lowest BCUT2D eigenvalue weighted by atomic mass is 10.0. The van der Waals surface area contributed by atoms with Crippen LogP contribution in [0.4, 0.5) is 8.78 Å². The summed E-state index contributed by atoms with van der Waals surface area (Å²) in [4.78, 5) is 40.5. The Morgan fingerprint density at radius 2 is 1.71 bits per heavy atom. The molecule has 3 aromatic rings. The van der Waals surface area contributed by atoms with Gasteiger partial charge in [-0.15, -0.1) is 0 Å². The lowest BCUT2D eigenvalue weighted by molar-refractivity contribution is -0.377. The second-order valence-corrected chi connectivity index (χ2v) is 14.8. The summed E-state index contributed by atoms with van der Waals surface area (Å²) in [6, 6.07) is 8.53. The van der Waals surface area contributed by atoms with Crippen molar-refractivity contribution in [3.05, 3.63) is 81.1 Å². The van der Waals surface area contributed by atoms with Crippen LogP contribution < -0.4 is 35.6 Å². The zero-order valence-corrected chi connectivity index (χ0v) is 30.3. The number of alkyl halides is 2. The predicted octanol–water partition coefficient (Wildman–Crippen LogP) is 3.62. The average molecular weight is 792 g/mol. The molecule has 1 aliphatic rings. The number of hydrogen-bond acceptors (Lipinski definition) is 11. The third kappa shape index (κ3) is 12.4. The first-order valence-electron chi connectivity index (χ1n) is 15.5.